The molecule has 6 heterocycles. The summed E-state index contributed by atoms with van der Waals surface area (Å²) in [5, 5.41) is 74.4. The zero-order valence-electron chi connectivity index (χ0n) is 30.0. The van der Waals surface area contributed by atoms with Crippen LogP contribution in [0, 0.1) is 0 Å². The summed E-state index contributed by atoms with van der Waals surface area (Å²) in [5.41, 5.74) is 12.6. The number of carbonyl (C=O) groups excluding carboxylic acids is 3. The molecule has 0 saturated carbocycles. The van der Waals surface area contributed by atoms with Gasteiger partial charge in [-0.15, -0.1) is 11.8 Å². The lowest BCUT2D eigenvalue weighted by Crippen LogP contribution is -2.49. The molecule has 54 heavy (non-hydrogen) atoms. The van der Waals surface area contributed by atoms with Crippen molar-refractivity contribution >= 4 is 29.5 Å². The Morgan fingerprint density at radius 1 is 0.667 bits per heavy atom. The van der Waals surface area contributed by atoms with E-state index in [9.17, 15) is 39.9 Å². The van der Waals surface area contributed by atoms with Crippen LogP contribution < -0.4 is 27.4 Å². The Kier molecular flexibility index (Phi) is 14.1. The van der Waals surface area contributed by atoms with Gasteiger partial charge in [-0.2, -0.15) is 0 Å². The average Bonchev–Trinajstić information content (AvgIpc) is 3.70. The van der Waals surface area contributed by atoms with Crippen molar-refractivity contribution in [3.8, 4) is 0 Å². The summed E-state index contributed by atoms with van der Waals surface area (Å²) in [7, 11) is 0. The highest BCUT2D eigenvalue weighted by Crippen LogP contribution is 2.38. The maximum absolute atomic E-state index is 11.4. The molecule has 3 unspecified atom stereocenters. The third-order valence-electron chi connectivity index (χ3n) is 9.30. The van der Waals surface area contributed by atoms with Crippen molar-refractivity contribution in [2.75, 3.05) is 19.8 Å². The van der Waals surface area contributed by atoms with Crippen LogP contribution in [-0.2, 0) is 23.9 Å². The van der Waals surface area contributed by atoms with Gasteiger partial charge in [0.15, 0.2) is 12.5 Å². The van der Waals surface area contributed by atoms with Gasteiger partial charge in [0.2, 0.25) is 0 Å². The number of amides is 3. The second-order valence-electron chi connectivity index (χ2n) is 13.2. The summed E-state index contributed by atoms with van der Waals surface area (Å²) in [6.45, 7) is 15.6. The SMILES string of the molecule is C=C1NC(=O)C(C)=CN1[C@@H]1O[C@H](CN)C(O)[C@@H]1O.C=C1NC(=O)C(C)=CN1[C@@H]1O[C@H](CO)C(N)[C@@H]1O.C=C1NC(=O)C(C)=CN1[C@@H]1S[C@H](CO)C(O)[C@@H]1O. The smallest absolute Gasteiger partial charge is 0.253 e. The van der Waals surface area contributed by atoms with Crippen LogP contribution in [0.5, 0.6) is 0 Å². The number of ether oxygens (including phenoxy) is 2. The number of nitrogens with one attached hydrogen (secondary N) is 3. The highest BCUT2D eigenvalue weighted by atomic mass is 32.2. The van der Waals surface area contributed by atoms with Gasteiger partial charge in [-0.1, -0.05) is 19.7 Å². The maximum Gasteiger partial charge on any atom is 0.253 e. The number of aliphatic hydroxyl groups is 7. The first-order valence-electron chi connectivity index (χ1n) is 16.8. The molecular formula is C33H50N8O12S. The molecule has 0 spiro atoms. The molecule has 20 nitrogen and oxygen atoms in total. The van der Waals surface area contributed by atoms with Crippen molar-refractivity contribution in [2.45, 2.75) is 92.6 Å². The topological polar surface area (TPSA) is 309 Å². The van der Waals surface area contributed by atoms with Gasteiger partial charge in [0.05, 0.1) is 30.6 Å². The number of nitrogens with two attached hydrogens (primary N) is 2. The number of thioether (sulfide) groups is 1. The van der Waals surface area contributed by atoms with Crippen LogP contribution in [0.3, 0.4) is 0 Å². The largest absolute Gasteiger partial charge is 0.395 e. The molecule has 6 rings (SSSR count). The molecule has 0 bridgehead atoms. The molecule has 3 amide bonds. The van der Waals surface area contributed by atoms with Crippen molar-refractivity contribution in [2.24, 2.45) is 11.5 Å². The van der Waals surface area contributed by atoms with E-state index in [0.29, 0.717) is 34.2 Å². The number of rotatable bonds is 6. The standard InChI is InChI=1S/2C11H17N3O4.C11H16N2O4S/c1-5-4-14(6(2)13-10(5)17)11-9(16)8(15)7(3-12)18-11;1-5-3-14(6(2)13-10(5)17)11-9(16)8(12)7(4-15)18-11;1-5-3-13(6(2)12-10(5)17)11-9(16)8(15)7(4-14)18-11/h4,7-9,11,15-16H,2-3,12H2,1H3,(H,13,17);3,7-9,11,15-16H,2,4,12H2,1H3,(H,13,17);3,7-9,11,14-16H,2,4H2,1H3,(H,12,17)/t3*7-,8?,9+,11-/m111/s1. The van der Waals surface area contributed by atoms with Crippen molar-refractivity contribution in [1.82, 2.24) is 30.7 Å². The third-order valence-corrected chi connectivity index (χ3v) is 10.9. The normalized spacial score (nSPS) is 36.7. The van der Waals surface area contributed by atoms with Gasteiger partial charge in [0.1, 0.15) is 59.5 Å². The van der Waals surface area contributed by atoms with Gasteiger partial charge in [0, 0.05) is 41.9 Å². The first kappa shape index (κ1) is 42.9. The Hall–Kier alpha value is -3.84. The number of hydrogen-bond acceptors (Lipinski definition) is 18. The van der Waals surface area contributed by atoms with E-state index in [-0.39, 0.29) is 37.5 Å². The van der Waals surface area contributed by atoms with Crippen LogP contribution in [-0.4, -0.2) is 160 Å². The van der Waals surface area contributed by atoms with Crippen molar-refractivity contribution in [3.63, 3.8) is 0 Å². The Morgan fingerprint density at radius 3 is 1.48 bits per heavy atom. The number of hydrogen-bond donors (Lipinski definition) is 12. The minimum atomic E-state index is -1.12. The quantitative estimate of drug-likeness (QED) is 0.121. The van der Waals surface area contributed by atoms with E-state index in [1.54, 1.807) is 38.1 Å². The second-order valence-corrected chi connectivity index (χ2v) is 14.5. The minimum Gasteiger partial charge on any atom is -0.395 e. The third kappa shape index (κ3) is 8.83. The molecular weight excluding hydrogens is 732 g/mol. The molecule has 0 aliphatic carbocycles. The monoisotopic (exact) mass is 782 g/mol. The summed E-state index contributed by atoms with van der Waals surface area (Å²) in [6, 6.07) is -0.681. The van der Waals surface area contributed by atoms with Gasteiger partial charge >= 0.3 is 0 Å². The molecule has 0 aromatic heterocycles. The molecule has 6 aliphatic heterocycles. The minimum absolute atomic E-state index is 0.101. The Labute approximate surface area is 315 Å². The van der Waals surface area contributed by atoms with Crippen LogP contribution in [0.15, 0.2) is 72.5 Å². The molecule has 6 aliphatic rings. The van der Waals surface area contributed by atoms with Crippen molar-refractivity contribution in [1.29, 1.82) is 0 Å². The van der Waals surface area contributed by atoms with E-state index in [2.05, 4.69) is 35.7 Å². The van der Waals surface area contributed by atoms with Crippen LogP contribution in [0.2, 0.25) is 0 Å². The summed E-state index contributed by atoms with van der Waals surface area (Å²) in [6.07, 6.45) is -3.33. The molecule has 3 saturated heterocycles. The molecule has 21 heteroatoms. The number of carbonyl (C=O) groups is 3. The fourth-order valence-corrected chi connectivity index (χ4v) is 7.43. The summed E-state index contributed by atoms with van der Waals surface area (Å²) >= 11 is 1.26. The molecule has 0 aromatic carbocycles. The lowest BCUT2D eigenvalue weighted by atomic mass is 10.1. The summed E-state index contributed by atoms with van der Waals surface area (Å²) in [5.74, 6) is 0.229. The maximum atomic E-state index is 11.4. The molecule has 300 valence electrons. The van der Waals surface area contributed by atoms with E-state index in [0.717, 1.165) is 0 Å². The van der Waals surface area contributed by atoms with Gasteiger partial charge < -0.3 is 87.3 Å². The van der Waals surface area contributed by atoms with Crippen LogP contribution in [0.25, 0.3) is 0 Å². The zero-order valence-corrected chi connectivity index (χ0v) is 30.8. The van der Waals surface area contributed by atoms with E-state index in [1.807, 2.05) is 0 Å². The van der Waals surface area contributed by atoms with Crippen LogP contribution in [0.4, 0.5) is 0 Å². The summed E-state index contributed by atoms with van der Waals surface area (Å²) < 4.78 is 10.9. The Balaban J connectivity index is 0.000000180. The van der Waals surface area contributed by atoms with Gasteiger partial charge in [0.25, 0.3) is 17.7 Å². The Morgan fingerprint density at radius 2 is 1.09 bits per heavy atom. The highest BCUT2D eigenvalue weighted by molar-refractivity contribution is 8.00. The zero-order chi connectivity index (χ0) is 40.3. The molecule has 0 aromatic rings. The predicted octanol–water partition coefficient (Wildman–Crippen LogP) is -4.65. The molecule has 14 N–H and O–H groups in total. The molecule has 12 atom stereocenters. The fraction of sp³-hybridized carbons (Fsp3) is 0.545. The highest BCUT2D eigenvalue weighted by Gasteiger charge is 2.47. The van der Waals surface area contributed by atoms with E-state index in [4.69, 9.17) is 31.2 Å². The second kappa shape index (κ2) is 17.7. The van der Waals surface area contributed by atoms with Crippen LogP contribution >= 0.6 is 11.8 Å². The van der Waals surface area contributed by atoms with Gasteiger partial charge in [-0.3, -0.25) is 14.4 Å². The first-order chi connectivity index (χ1) is 25.4. The van der Waals surface area contributed by atoms with Crippen LogP contribution in [0.1, 0.15) is 20.8 Å². The van der Waals surface area contributed by atoms with Gasteiger partial charge in [-0.25, -0.2) is 0 Å². The molecule has 0 radical (unpaired) electrons. The lowest BCUT2D eigenvalue weighted by molar-refractivity contribution is -0.120. The first-order valence-corrected chi connectivity index (χ1v) is 17.8. The van der Waals surface area contributed by atoms with E-state index >= 15 is 0 Å². The predicted molar refractivity (Wildman–Crippen MR) is 192 cm³/mol. The summed E-state index contributed by atoms with van der Waals surface area (Å²) in [4.78, 5) is 38.8. The average molecular weight is 783 g/mol. The van der Waals surface area contributed by atoms with E-state index < -0.39 is 71.8 Å². The Bertz CT molecular complexity index is 1410. The fourth-order valence-electron chi connectivity index (χ4n) is 6.02. The lowest BCUT2D eigenvalue weighted by Gasteiger charge is -2.34. The number of nitrogens with zero attached hydrogens (tertiary/aromatic N) is 3. The van der Waals surface area contributed by atoms with Gasteiger partial charge in [-0.05, 0) is 20.8 Å². The van der Waals surface area contributed by atoms with Crippen molar-refractivity contribution in [3.05, 3.63) is 72.5 Å². The number of aliphatic hydroxyl groups excluding tert-OH is 7. The molecule has 3 fully saturated rings. The van der Waals surface area contributed by atoms with Crippen molar-refractivity contribution < 1.29 is 59.6 Å². The van der Waals surface area contributed by atoms with E-state index in [1.165, 1.54) is 27.8 Å².